The van der Waals surface area contributed by atoms with Crippen LogP contribution in [0.4, 0.5) is 11.7 Å². The molecule has 5 aromatic rings. The van der Waals surface area contributed by atoms with Gasteiger partial charge in [0.15, 0.2) is 17.1 Å². The first-order valence-corrected chi connectivity index (χ1v) is 12.6. The Bertz CT molecular complexity index is 1910. The number of oxazole rings is 1. The van der Waals surface area contributed by atoms with Crippen LogP contribution in [0.25, 0.3) is 28.1 Å². The number of carbonyl (C=O) groups is 2. The Balaban J connectivity index is 1.63. The number of hydrogen-bond acceptors (Lipinski definition) is 10. The molecule has 0 aliphatic rings. The highest BCUT2D eigenvalue weighted by Crippen LogP contribution is 2.37. The van der Waals surface area contributed by atoms with E-state index in [1.54, 1.807) is 0 Å². The van der Waals surface area contributed by atoms with Gasteiger partial charge in [-0.3, -0.25) is 9.65 Å². The molecule has 0 amide bonds. The number of nitrogens with one attached hydrogen (secondary N) is 1. The molecule has 39 heavy (non-hydrogen) atoms. The number of aromatic amines is 1. The number of fused-ring (bicyclic) bond motifs is 2. The van der Waals surface area contributed by atoms with Gasteiger partial charge in [0.1, 0.15) is 5.52 Å². The van der Waals surface area contributed by atoms with Crippen molar-refractivity contribution in [2.75, 3.05) is 0 Å². The Morgan fingerprint density at radius 3 is 2.26 bits per heavy atom. The zero-order valence-electron chi connectivity index (χ0n) is 20.4. The molecular formula is C23H19N7O8S. The zero-order chi connectivity index (χ0) is 28.3. The van der Waals surface area contributed by atoms with Gasteiger partial charge in [-0.2, -0.15) is 13.4 Å². The van der Waals surface area contributed by atoms with Crippen LogP contribution in [0.1, 0.15) is 47.2 Å². The van der Waals surface area contributed by atoms with Gasteiger partial charge in [0.25, 0.3) is 10.1 Å². The number of azo groups is 1. The summed E-state index contributed by atoms with van der Waals surface area (Å²) in [6.07, 6.45) is 0. The lowest BCUT2D eigenvalue weighted by Crippen LogP contribution is -2.12. The molecule has 3 aromatic heterocycles. The summed E-state index contributed by atoms with van der Waals surface area (Å²) >= 11 is 0. The van der Waals surface area contributed by atoms with E-state index in [1.165, 1.54) is 28.8 Å². The molecule has 0 radical (unpaired) electrons. The molecule has 0 fully saturated rings. The first-order valence-electron chi connectivity index (χ1n) is 11.1. The maximum Gasteiger partial charge on any atom is 0.341 e. The molecule has 0 spiro atoms. The molecule has 3 heterocycles. The van der Waals surface area contributed by atoms with Crippen molar-refractivity contribution in [3.63, 3.8) is 0 Å². The number of aromatic nitrogens is 5. The monoisotopic (exact) mass is 553 g/mol. The van der Waals surface area contributed by atoms with Crippen molar-refractivity contribution in [3.05, 3.63) is 53.2 Å². The smallest absolute Gasteiger partial charge is 0.341 e. The third-order valence-electron chi connectivity index (χ3n) is 5.65. The fourth-order valence-corrected chi connectivity index (χ4v) is 4.31. The van der Waals surface area contributed by atoms with Gasteiger partial charge in [-0.05, 0) is 30.3 Å². The van der Waals surface area contributed by atoms with Crippen LogP contribution >= 0.6 is 0 Å². The average Bonchev–Trinajstić information content (AvgIpc) is 3.54. The Labute approximate surface area is 218 Å². The quantitative estimate of drug-likeness (QED) is 0.172. The number of aromatic carboxylic acids is 2. The van der Waals surface area contributed by atoms with Gasteiger partial charge in [0.2, 0.25) is 5.65 Å². The minimum Gasteiger partial charge on any atom is -0.478 e. The minimum atomic E-state index is -4.44. The van der Waals surface area contributed by atoms with Gasteiger partial charge in [-0.15, -0.1) is 15.3 Å². The van der Waals surface area contributed by atoms with E-state index in [1.807, 2.05) is 20.8 Å². The van der Waals surface area contributed by atoms with Crippen molar-refractivity contribution in [1.29, 1.82) is 0 Å². The molecular weight excluding hydrogens is 534 g/mol. The number of carboxylic acids is 2. The number of nitrogens with zero attached hydrogens (tertiary/aromatic N) is 6. The van der Waals surface area contributed by atoms with Crippen molar-refractivity contribution in [2.45, 2.75) is 31.1 Å². The molecule has 0 aliphatic carbocycles. The molecule has 0 saturated heterocycles. The number of rotatable bonds is 6. The highest BCUT2D eigenvalue weighted by Gasteiger charge is 2.27. The van der Waals surface area contributed by atoms with E-state index < -0.39 is 27.5 Å². The zero-order valence-corrected chi connectivity index (χ0v) is 21.3. The standard InChI is InChI=1S/C23H19N7O8S/c1-23(2,3)17-16(25-28-22-24-14-5-4-13(39(35,36)37)9-15(14)38-22)19-27-26-18(30(19)29-17)10-6-11(20(31)32)8-12(7-10)21(33)34/h4-9,29H,1-3H3,(H,31,32)(H,33,34)(H,35,36,37). The van der Waals surface area contributed by atoms with E-state index in [0.29, 0.717) is 5.69 Å². The summed E-state index contributed by atoms with van der Waals surface area (Å²) < 4.78 is 39.0. The normalized spacial score (nSPS) is 12.6. The fraction of sp³-hybridized carbons (Fsp3) is 0.174. The van der Waals surface area contributed by atoms with Gasteiger partial charge in [0.05, 0.1) is 21.7 Å². The maximum absolute atomic E-state index is 11.6. The van der Waals surface area contributed by atoms with Crippen LogP contribution in [-0.4, -0.2) is 59.9 Å². The van der Waals surface area contributed by atoms with Crippen molar-refractivity contribution in [1.82, 2.24) is 24.8 Å². The Morgan fingerprint density at radius 2 is 1.67 bits per heavy atom. The predicted molar refractivity (Wildman–Crippen MR) is 133 cm³/mol. The predicted octanol–water partition coefficient (Wildman–Crippen LogP) is 4.22. The Morgan fingerprint density at radius 1 is 1.00 bits per heavy atom. The number of benzene rings is 2. The first-order chi connectivity index (χ1) is 18.2. The van der Waals surface area contributed by atoms with Gasteiger partial charge in [-0.1, -0.05) is 25.9 Å². The van der Waals surface area contributed by atoms with Gasteiger partial charge < -0.3 is 14.6 Å². The van der Waals surface area contributed by atoms with Gasteiger partial charge >= 0.3 is 18.0 Å². The largest absolute Gasteiger partial charge is 0.478 e. The van der Waals surface area contributed by atoms with Crippen LogP contribution in [0.3, 0.4) is 0 Å². The third-order valence-corrected chi connectivity index (χ3v) is 6.50. The average molecular weight is 554 g/mol. The van der Waals surface area contributed by atoms with E-state index >= 15 is 0 Å². The summed E-state index contributed by atoms with van der Waals surface area (Å²) in [5.74, 6) is -2.47. The molecule has 0 bridgehead atoms. The minimum absolute atomic E-state index is 0.0617. The van der Waals surface area contributed by atoms with E-state index in [-0.39, 0.29) is 55.9 Å². The molecule has 0 unspecified atom stereocenters. The van der Waals surface area contributed by atoms with E-state index in [4.69, 9.17) is 4.42 Å². The lowest BCUT2D eigenvalue weighted by atomic mass is 9.91. The number of hydrogen-bond donors (Lipinski definition) is 4. The van der Waals surface area contributed by atoms with Gasteiger partial charge in [0, 0.05) is 17.0 Å². The molecule has 200 valence electrons. The Hall–Kier alpha value is -4.96. The molecule has 2 aromatic carbocycles. The molecule has 0 saturated carbocycles. The van der Waals surface area contributed by atoms with Gasteiger partial charge in [-0.25, -0.2) is 14.1 Å². The lowest BCUT2D eigenvalue weighted by Gasteiger charge is -2.16. The molecule has 0 atom stereocenters. The van der Waals surface area contributed by atoms with Crippen LogP contribution in [-0.2, 0) is 15.5 Å². The molecule has 15 nitrogen and oxygen atoms in total. The number of carboxylic acid groups (broad SMARTS) is 2. The molecule has 5 rings (SSSR count). The third kappa shape index (κ3) is 4.73. The molecule has 0 aliphatic heterocycles. The molecule has 4 N–H and O–H groups in total. The van der Waals surface area contributed by atoms with Crippen LogP contribution in [0.15, 0.2) is 55.9 Å². The van der Waals surface area contributed by atoms with Crippen LogP contribution in [0.5, 0.6) is 0 Å². The van der Waals surface area contributed by atoms with Crippen molar-refractivity contribution < 1.29 is 37.2 Å². The maximum atomic E-state index is 11.6. The topological polar surface area (TPSA) is 226 Å². The lowest BCUT2D eigenvalue weighted by molar-refractivity contribution is 0.0696. The van der Waals surface area contributed by atoms with E-state index in [2.05, 4.69) is 30.5 Å². The van der Waals surface area contributed by atoms with Crippen molar-refractivity contribution >= 4 is 50.5 Å². The van der Waals surface area contributed by atoms with Crippen molar-refractivity contribution in [2.24, 2.45) is 10.2 Å². The summed E-state index contributed by atoms with van der Waals surface area (Å²) in [7, 11) is -4.44. The summed E-state index contributed by atoms with van der Waals surface area (Å²) in [5.41, 5.74) is 0.572. The second-order valence-electron chi connectivity index (χ2n) is 9.48. The summed E-state index contributed by atoms with van der Waals surface area (Å²) in [5, 5.41) is 38.6. The second kappa shape index (κ2) is 8.81. The summed E-state index contributed by atoms with van der Waals surface area (Å²) in [4.78, 5) is 26.9. The highest BCUT2D eigenvalue weighted by molar-refractivity contribution is 7.85. The molecule has 16 heteroatoms. The van der Waals surface area contributed by atoms with Crippen molar-refractivity contribution in [3.8, 4) is 11.4 Å². The van der Waals surface area contributed by atoms with E-state index in [0.717, 1.165) is 12.1 Å². The highest BCUT2D eigenvalue weighted by atomic mass is 32.2. The van der Waals surface area contributed by atoms with Crippen LogP contribution < -0.4 is 0 Å². The first kappa shape index (κ1) is 25.7. The van der Waals surface area contributed by atoms with Crippen LogP contribution in [0.2, 0.25) is 0 Å². The Kier molecular flexibility index (Phi) is 5.80. The fourth-order valence-electron chi connectivity index (χ4n) is 3.82. The number of H-pyrrole nitrogens is 1. The summed E-state index contributed by atoms with van der Waals surface area (Å²) in [6.45, 7) is 5.69. The second-order valence-corrected chi connectivity index (χ2v) is 10.9. The van der Waals surface area contributed by atoms with Crippen LogP contribution in [0, 0.1) is 0 Å². The van der Waals surface area contributed by atoms with E-state index in [9.17, 15) is 32.8 Å². The SMILES string of the molecule is CC(C)(C)c1[nH]n2c(-c3cc(C(=O)O)cc(C(=O)O)c3)nnc2c1N=Nc1nc2ccc(S(=O)(=O)O)cc2o1. The summed E-state index contributed by atoms with van der Waals surface area (Å²) in [6, 6.07) is 7.02.